The normalized spacial score (nSPS) is 16.8. The molecule has 1 aliphatic rings. The molecule has 1 unspecified atom stereocenters. The first kappa shape index (κ1) is 11.2. The van der Waals surface area contributed by atoms with Crippen molar-refractivity contribution in [1.29, 1.82) is 0 Å². The summed E-state index contributed by atoms with van der Waals surface area (Å²) in [7, 11) is 0. The maximum atomic E-state index is 5.42. The van der Waals surface area contributed by atoms with Crippen LogP contribution in [0.4, 0.5) is 0 Å². The molecular formula is C13H17BrO. The summed E-state index contributed by atoms with van der Waals surface area (Å²) >= 11 is 3.75. The monoisotopic (exact) mass is 268 g/mol. The Kier molecular flexibility index (Phi) is 3.47. The number of hydrogen-bond donors (Lipinski definition) is 0. The molecule has 2 rings (SSSR count). The van der Waals surface area contributed by atoms with Crippen molar-refractivity contribution in [2.45, 2.75) is 38.3 Å². The maximum absolute atomic E-state index is 5.42. The van der Waals surface area contributed by atoms with E-state index in [1.165, 1.54) is 23.1 Å². The molecule has 0 aromatic heterocycles. The summed E-state index contributed by atoms with van der Waals surface area (Å²) in [6.07, 6.45) is 1.18. The molecule has 0 spiro atoms. The standard InChI is InChI=1S/C13H17BrO/c1-9(2)5-13(14)10-3-4-11-7-15-8-12(11)6-10/h3-4,6,9,13H,5,7-8H2,1-2H3. The van der Waals surface area contributed by atoms with Crippen LogP contribution in [0.3, 0.4) is 0 Å². The molecule has 0 saturated carbocycles. The summed E-state index contributed by atoms with van der Waals surface area (Å²) in [5.41, 5.74) is 4.09. The zero-order chi connectivity index (χ0) is 10.8. The van der Waals surface area contributed by atoms with Gasteiger partial charge in [0.1, 0.15) is 0 Å². The number of alkyl halides is 1. The van der Waals surface area contributed by atoms with Gasteiger partial charge in [-0.1, -0.05) is 48.0 Å². The fourth-order valence-electron chi connectivity index (χ4n) is 1.94. The molecule has 1 heterocycles. The Bertz CT molecular complexity index is 346. The van der Waals surface area contributed by atoms with E-state index in [1.807, 2.05) is 0 Å². The third-order valence-corrected chi connectivity index (χ3v) is 3.69. The molecule has 2 heteroatoms. The van der Waals surface area contributed by atoms with Crippen LogP contribution in [-0.4, -0.2) is 0 Å². The molecule has 1 nitrogen and oxygen atoms in total. The smallest absolute Gasteiger partial charge is 0.0725 e. The van der Waals surface area contributed by atoms with Gasteiger partial charge in [0.2, 0.25) is 0 Å². The summed E-state index contributed by atoms with van der Waals surface area (Å²) in [6.45, 7) is 6.08. The fourth-order valence-corrected chi connectivity index (χ4v) is 2.97. The lowest BCUT2D eigenvalue weighted by Gasteiger charge is -2.13. The first-order valence-corrected chi connectivity index (χ1v) is 6.42. The Hall–Kier alpha value is -0.340. The molecule has 1 aromatic rings. The number of fused-ring (bicyclic) bond motifs is 1. The van der Waals surface area contributed by atoms with Crippen LogP contribution >= 0.6 is 15.9 Å². The van der Waals surface area contributed by atoms with E-state index < -0.39 is 0 Å². The molecule has 0 fully saturated rings. The highest BCUT2D eigenvalue weighted by molar-refractivity contribution is 9.09. The van der Waals surface area contributed by atoms with Crippen molar-refractivity contribution in [3.05, 3.63) is 34.9 Å². The van der Waals surface area contributed by atoms with E-state index in [0.717, 1.165) is 19.1 Å². The molecular weight excluding hydrogens is 252 g/mol. The second kappa shape index (κ2) is 4.67. The van der Waals surface area contributed by atoms with E-state index in [-0.39, 0.29) is 0 Å². The highest BCUT2D eigenvalue weighted by Crippen LogP contribution is 2.32. The van der Waals surface area contributed by atoms with E-state index >= 15 is 0 Å². The Morgan fingerprint density at radius 1 is 1.27 bits per heavy atom. The third kappa shape index (κ3) is 2.61. The third-order valence-electron chi connectivity index (χ3n) is 2.79. The van der Waals surface area contributed by atoms with Crippen LogP contribution in [0.1, 0.15) is 41.8 Å². The van der Waals surface area contributed by atoms with E-state index in [4.69, 9.17) is 4.74 Å². The van der Waals surface area contributed by atoms with Crippen molar-refractivity contribution in [1.82, 2.24) is 0 Å². The van der Waals surface area contributed by atoms with Gasteiger partial charge in [0.25, 0.3) is 0 Å². The number of hydrogen-bond acceptors (Lipinski definition) is 1. The van der Waals surface area contributed by atoms with Crippen molar-refractivity contribution in [3.8, 4) is 0 Å². The van der Waals surface area contributed by atoms with Crippen LogP contribution in [0.5, 0.6) is 0 Å². The van der Waals surface area contributed by atoms with Gasteiger partial charge in [-0.05, 0) is 29.0 Å². The van der Waals surface area contributed by atoms with Gasteiger partial charge in [-0.3, -0.25) is 0 Å². The van der Waals surface area contributed by atoms with E-state index in [0.29, 0.717) is 4.83 Å². The highest BCUT2D eigenvalue weighted by atomic mass is 79.9. The van der Waals surface area contributed by atoms with E-state index in [9.17, 15) is 0 Å². The van der Waals surface area contributed by atoms with Gasteiger partial charge in [-0.25, -0.2) is 0 Å². The number of rotatable bonds is 3. The second-order valence-corrected chi connectivity index (χ2v) is 5.72. The summed E-state index contributed by atoms with van der Waals surface area (Å²) < 4.78 is 5.42. The van der Waals surface area contributed by atoms with Gasteiger partial charge in [-0.15, -0.1) is 0 Å². The lowest BCUT2D eigenvalue weighted by Crippen LogP contribution is -1.97. The summed E-state index contributed by atoms with van der Waals surface area (Å²) in [4.78, 5) is 0.475. The lowest BCUT2D eigenvalue weighted by atomic mass is 9.99. The molecule has 0 radical (unpaired) electrons. The van der Waals surface area contributed by atoms with Crippen molar-refractivity contribution in [3.63, 3.8) is 0 Å². The minimum absolute atomic E-state index is 0.475. The van der Waals surface area contributed by atoms with Gasteiger partial charge < -0.3 is 4.74 Å². The Labute approximate surface area is 100.0 Å². The minimum Gasteiger partial charge on any atom is -0.372 e. The van der Waals surface area contributed by atoms with Gasteiger partial charge in [-0.2, -0.15) is 0 Å². The van der Waals surface area contributed by atoms with Crippen LogP contribution in [0.15, 0.2) is 18.2 Å². The van der Waals surface area contributed by atoms with Crippen LogP contribution in [-0.2, 0) is 18.0 Å². The molecule has 0 saturated heterocycles. The number of halogens is 1. The molecule has 0 bridgehead atoms. The fraction of sp³-hybridized carbons (Fsp3) is 0.538. The average Bonchev–Trinajstić information content (AvgIpc) is 2.62. The average molecular weight is 269 g/mol. The quantitative estimate of drug-likeness (QED) is 0.747. The molecule has 82 valence electrons. The van der Waals surface area contributed by atoms with Gasteiger partial charge in [0.15, 0.2) is 0 Å². The zero-order valence-corrected chi connectivity index (χ0v) is 10.9. The van der Waals surface area contributed by atoms with Crippen molar-refractivity contribution in [2.75, 3.05) is 0 Å². The molecule has 0 aliphatic carbocycles. The molecule has 1 aliphatic heterocycles. The highest BCUT2D eigenvalue weighted by Gasteiger charge is 2.15. The number of ether oxygens (including phenoxy) is 1. The van der Waals surface area contributed by atoms with E-state index in [2.05, 4.69) is 48.0 Å². The summed E-state index contributed by atoms with van der Waals surface area (Å²) in [5.74, 6) is 0.721. The predicted molar refractivity (Wildman–Crippen MR) is 66.1 cm³/mol. The molecule has 15 heavy (non-hydrogen) atoms. The first-order chi connectivity index (χ1) is 7.16. The molecule has 0 N–H and O–H groups in total. The second-order valence-electron chi connectivity index (χ2n) is 4.62. The Morgan fingerprint density at radius 2 is 2.00 bits per heavy atom. The maximum Gasteiger partial charge on any atom is 0.0725 e. The van der Waals surface area contributed by atoms with Crippen molar-refractivity contribution in [2.24, 2.45) is 5.92 Å². The number of benzene rings is 1. The molecule has 1 atom stereocenters. The predicted octanol–water partition coefficient (Wildman–Crippen LogP) is 4.20. The topological polar surface area (TPSA) is 9.23 Å². The molecule has 1 aromatic carbocycles. The van der Waals surface area contributed by atoms with Crippen LogP contribution < -0.4 is 0 Å². The van der Waals surface area contributed by atoms with Gasteiger partial charge >= 0.3 is 0 Å². The van der Waals surface area contributed by atoms with Crippen LogP contribution in [0, 0.1) is 5.92 Å². The van der Waals surface area contributed by atoms with Gasteiger partial charge in [0.05, 0.1) is 13.2 Å². The SMILES string of the molecule is CC(C)CC(Br)c1ccc2c(c1)COC2. The van der Waals surface area contributed by atoms with Crippen LogP contribution in [0.2, 0.25) is 0 Å². The zero-order valence-electron chi connectivity index (χ0n) is 9.29. The largest absolute Gasteiger partial charge is 0.372 e. The van der Waals surface area contributed by atoms with Crippen molar-refractivity contribution >= 4 is 15.9 Å². The minimum atomic E-state index is 0.475. The molecule has 0 amide bonds. The van der Waals surface area contributed by atoms with Crippen molar-refractivity contribution < 1.29 is 4.74 Å². The van der Waals surface area contributed by atoms with Crippen LogP contribution in [0.25, 0.3) is 0 Å². The lowest BCUT2D eigenvalue weighted by molar-refractivity contribution is 0.134. The summed E-state index contributed by atoms with van der Waals surface area (Å²) in [5, 5.41) is 0. The van der Waals surface area contributed by atoms with E-state index in [1.54, 1.807) is 0 Å². The van der Waals surface area contributed by atoms with Gasteiger partial charge in [0, 0.05) is 4.83 Å². The Morgan fingerprint density at radius 3 is 2.73 bits per heavy atom. The Balaban J connectivity index is 2.15. The first-order valence-electron chi connectivity index (χ1n) is 5.50. The summed E-state index contributed by atoms with van der Waals surface area (Å²) in [6, 6.07) is 6.70.